The minimum Gasteiger partial charge on any atom is -0.441 e. The molecule has 0 unspecified atom stereocenters. The average molecular weight is 310 g/mol. The van der Waals surface area contributed by atoms with Crippen molar-refractivity contribution in [3.8, 4) is 0 Å². The lowest BCUT2D eigenvalue weighted by Crippen LogP contribution is -1.99. The SMILES string of the molecule is CCC(=O)c1oc(S(C)(=O)=O)cc1Cc1ccc(F)cc1. The van der Waals surface area contributed by atoms with Gasteiger partial charge in [-0.15, -0.1) is 0 Å². The third-order valence-electron chi connectivity index (χ3n) is 3.03. The summed E-state index contributed by atoms with van der Waals surface area (Å²) in [6.07, 6.45) is 1.54. The Hall–Kier alpha value is -1.95. The Morgan fingerprint density at radius 2 is 1.86 bits per heavy atom. The number of rotatable bonds is 5. The summed E-state index contributed by atoms with van der Waals surface area (Å²) in [4.78, 5) is 11.9. The van der Waals surface area contributed by atoms with Crippen molar-refractivity contribution in [2.24, 2.45) is 0 Å². The summed E-state index contributed by atoms with van der Waals surface area (Å²) in [5, 5.41) is -0.226. The number of halogens is 1. The standard InChI is InChI=1S/C15H15FO4S/c1-3-13(17)15-11(9-14(20-15)21(2,18)19)8-10-4-6-12(16)7-5-10/h4-7,9H,3,8H2,1-2H3. The topological polar surface area (TPSA) is 64.3 Å². The number of ketones is 1. The Bertz CT molecular complexity index is 757. The maximum Gasteiger partial charge on any atom is 0.218 e. The van der Waals surface area contributed by atoms with Crippen molar-refractivity contribution in [2.45, 2.75) is 24.9 Å². The van der Waals surface area contributed by atoms with Crippen molar-refractivity contribution in [3.63, 3.8) is 0 Å². The molecular formula is C15H15FO4S. The molecule has 0 aliphatic heterocycles. The second-order valence-corrected chi connectivity index (χ2v) is 6.72. The number of furan rings is 1. The second-order valence-electron chi connectivity index (χ2n) is 4.77. The van der Waals surface area contributed by atoms with Gasteiger partial charge in [0.05, 0.1) is 0 Å². The highest BCUT2D eigenvalue weighted by Crippen LogP contribution is 2.24. The zero-order valence-electron chi connectivity index (χ0n) is 11.7. The van der Waals surface area contributed by atoms with Crippen LogP contribution in [0.25, 0.3) is 0 Å². The molecule has 0 aliphatic rings. The molecule has 1 heterocycles. The molecule has 0 saturated carbocycles. The molecule has 0 atom stereocenters. The monoisotopic (exact) mass is 310 g/mol. The molecule has 0 bridgehead atoms. The minimum absolute atomic E-state index is 0.0576. The summed E-state index contributed by atoms with van der Waals surface area (Å²) in [7, 11) is -3.52. The maximum atomic E-state index is 12.9. The number of carbonyl (C=O) groups excluding carboxylic acids is 1. The van der Waals surface area contributed by atoms with Crippen molar-refractivity contribution >= 4 is 15.6 Å². The molecule has 4 nitrogen and oxygen atoms in total. The second kappa shape index (κ2) is 5.81. The highest BCUT2D eigenvalue weighted by molar-refractivity contribution is 7.90. The summed E-state index contributed by atoms with van der Waals surface area (Å²) in [5.41, 5.74) is 1.26. The average Bonchev–Trinajstić information content (AvgIpc) is 2.84. The minimum atomic E-state index is -3.52. The molecule has 112 valence electrons. The van der Waals surface area contributed by atoms with E-state index in [9.17, 15) is 17.6 Å². The van der Waals surface area contributed by atoms with Crippen LogP contribution in [0.2, 0.25) is 0 Å². The molecular weight excluding hydrogens is 295 g/mol. The van der Waals surface area contributed by atoms with Crippen LogP contribution in [0.5, 0.6) is 0 Å². The first kappa shape index (κ1) is 15.4. The maximum absolute atomic E-state index is 12.9. The number of Topliss-reactive ketones (excluding diaryl/α,β-unsaturated/α-hetero) is 1. The summed E-state index contributed by atoms with van der Waals surface area (Å²) in [6, 6.07) is 7.16. The van der Waals surface area contributed by atoms with Gasteiger partial charge in [0.1, 0.15) is 5.82 Å². The number of carbonyl (C=O) groups is 1. The third-order valence-corrected chi connectivity index (χ3v) is 3.97. The fourth-order valence-corrected chi connectivity index (χ4v) is 2.53. The van der Waals surface area contributed by atoms with Crippen LogP contribution in [0, 0.1) is 5.82 Å². The molecule has 1 aromatic heterocycles. The fourth-order valence-electron chi connectivity index (χ4n) is 1.94. The molecule has 21 heavy (non-hydrogen) atoms. The summed E-state index contributed by atoms with van der Waals surface area (Å²) in [5.74, 6) is -0.558. The molecule has 0 spiro atoms. The zero-order valence-corrected chi connectivity index (χ0v) is 12.5. The molecule has 0 radical (unpaired) electrons. The molecule has 0 aliphatic carbocycles. The van der Waals surface area contributed by atoms with Crippen LogP contribution in [-0.4, -0.2) is 20.5 Å². The van der Waals surface area contributed by atoms with Crippen LogP contribution in [0.3, 0.4) is 0 Å². The first-order valence-electron chi connectivity index (χ1n) is 6.41. The van der Waals surface area contributed by atoms with Gasteiger partial charge in [-0.05, 0) is 17.7 Å². The summed E-state index contributed by atoms with van der Waals surface area (Å²) in [6.45, 7) is 1.67. The van der Waals surface area contributed by atoms with Gasteiger partial charge in [-0.1, -0.05) is 19.1 Å². The Kier molecular flexibility index (Phi) is 4.27. The Morgan fingerprint density at radius 3 is 2.38 bits per heavy atom. The molecule has 2 aromatic rings. The predicted molar refractivity (Wildman–Crippen MR) is 75.6 cm³/mol. The number of hydrogen-bond acceptors (Lipinski definition) is 4. The van der Waals surface area contributed by atoms with E-state index in [2.05, 4.69) is 0 Å². The Morgan fingerprint density at radius 1 is 1.24 bits per heavy atom. The Balaban J connectivity index is 2.43. The number of benzene rings is 1. The zero-order chi connectivity index (χ0) is 15.6. The van der Waals surface area contributed by atoms with Crippen LogP contribution < -0.4 is 0 Å². The molecule has 2 rings (SSSR count). The van der Waals surface area contributed by atoms with Crippen LogP contribution in [0.4, 0.5) is 4.39 Å². The highest BCUT2D eigenvalue weighted by atomic mass is 32.2. The van der Waals surface area contributed by atoms with E-state index in [0.717, 1.165) is 11.8 Å². The lowest BCUT2D eigenvalue weighted by atomic mass is 10.0. The lowest BCUT2D eigenvalue weighted by Gasteiger charge is -2.01. The van der Waals surface area contributed by atoms with E-state index in [1.54, 1.807) is 19.1 Å². The van der Waals surface area contributed by atoms with Crippen LogP contribution in [0.1, 0.15) is 35.0 Å². The van der Waals surface area contributed by atoms with E-state index < -0.39 is 9.84 Å². The van der Waals surface area contributed by atoms with Crippen LogP contribution in [0.15, 0.2) is 39.8 Å². The van der Waals surface area contributed by atoms with Crippen LogP contribution in [-0.2, 0) is 16.3 Å². The van der Waals surface area contributed by atoms with E-state index in [-0.39, 0.29) is 28.9 Å². The first-order chi connectivity index (χ1) is 9.81. The van der Waals surface area contributed by atoms with E-state index >= 15 is 0 Å². The third kappa shape index (κ3) is 3.58. The van der Waals surface area contributed by atoms with Gasteiger partial charge < -0.3 is 4.42 Å². The molecule has 1 aromatic carbocycles. The molecule has 0 amide bonds. The van der Waals surface area contributed by atoms with Crippen molar-refractivity contribution in [3.05, 3.63) is 53.0 Å². The molecule has 0 N–H and O–H groups in total. The van der Waals surface area contributed by atoms with E-state index in [4.69, 9.17) is 4.42 Å². The smallest absolute Gasteiger partial charge is 0.218 e. The molecule has 0 saturated heterocycles. The fraction of sp³-hybridized carbons (Fsp3) is 0.267. The van der Waals surface area contributed by atoms with Gasteiger partial charge in [0.15, 0.2) is 11.5 Å². The Labute approximate surface area is 122 Å². The predicted octanol–water partition coefficient (Wildman–Crippen LogP) is 3.01. The number of hydrogen-bond donors (Lipinski definition) is 0. The van der Waals surface area contributed by atoms with Crippen molar-refractivity contribution in [1.82, 2.24) is 0 Å². The van der Waals surface area contributed by atoms with Gasteiger partial charge in [0.25, 0.3) is 0 Å². The van der Waals surface area contributed by atoms with Crippen molar-refractivity contribution in [1.29, 1.82) is 0 Å². The largest absolute Gasteiger partial charge is 0.441 e. The summed E-state index contributed by atoms with van der Waals surface area (Å²) >= 11 is 0. The highest BCUT2D eigenvalue weighted by Gasteiger charge is 2.22. The van der Waals surface area contributed by atoms with Gasteiger partial charge in [-0.2, -0.15) is 0 Å². The van der Waals surface area contributed by atoms with E-state index in [1.807, 2.05) is 0 Å². The quantitative estimate of drug-likeness (QED) is 0.796. The lowest BCUT2D eigenvalue weighted by molar-refractivity contribution is 0.0955. The summed E-state index contributed by atoms with van der Waals surface area (Å²) < 4.78 is 41.2. The van der Waals surface area contributed by atoms with Gasteiger partial charge in [0.2, 0.25) is 14.9 Å². The number of sulfone groups is 1. The van der Waals surface area contributed by atoms with Gasteiger partial charge in [0, 0.05) is 30.7 Å². The van der Waals surface area contributed by atoms with Gasteiger partial charge in [-0.3, -0.25) is 4.79 Å². The van der Waals surface area contributed by atoms with Gasteiger partial charge in [-0.25, -0.2) is 12.8 Å². The van der Waals surface area contributed by atoms with E-state index in [1.165, 1.54) is 18.2 Å². The van der Waals surface area contributed by atoms with Crippen LogP contribution >= 0.6 is 0 Å². The molecule has 0 fully saturated rings. The first-order valence-corrected chi connectivity index (χ1v) is 8.30. The van der Waals surface area contributed by atoms with Crippen molar-refractivity contribution in [2.75, 3.05) is 6.26 Å². The van der Waals surface area contributed by atoms with Crippen molar-refractivity contribution < 1.29 is 22.0 Å². The molecule has 6 heteroatoms. The normalized spacial score (nSPS) is 11.6. The van der Waals surface area contributed by atoms with Gasteiger partial charge >= 0.3 is 0 Å². The van der Waals surface area contributed by atoms with E-state index in [0.29, 0.717) is 12.0 Å².